The third-order valence-corrected chi connectivity index (χ3v) is 2.34. The van der Waals surface area contributed by atoms with Crippen LogP contribution in [0.15, 0.2) is 12.4 Å². The van der Waals surface area contributed by atoms with Gasteiger partial charge < -0.3 is 5.73 Å². The molecule has 0 bridgehead atoms. The summed E-state index contributed by atoms with van der Waals surface area (Å²) in [5.74, 6) is 0.670. The van der Waals surface area contributed by atoms with Gasteiger partial charge in [-0.3, -0.25) is 4.98 Å². The molecule has 2 nitrogen and oxygen atoms in total. The number of hydrogen-bond donors (Lipinski definition) is 1. The topological polar surface area (TPSA) is 38.9 Å². The van der Waals surface area contributed by atoms with Crippen molar-refractivity contribution in [2.75, 3.05) is 5.73 Å². The average molecular weight is 199 g/mol. The normalized spacial score (nSPS) is 10.8. The molecule has 0 aliphatic rings. The quantitative estimate of drug-likeness (QED) is 0.811. The molecule has 0 spiro atoms. The lowest BCUT2D eigenvalue weighted by Gasteiger charge is -2.08. The Morgan fingerprint density at radius 1 is 1.46 bits per heavy atom. The Labute approximate surface area is 84.1 Å². The van der Waals surface area contributed by atoms with E-state index in [1.165, 1.54) is 0 Å². The molecule has 0 aliphatic heterocycles. The van der Waals surface area contributed by atoms with Gasteiger partial charge >= 0.3 is 0 Å². The van der Waals surface area contributed by atoms with Crippen molar-refractivity contribution in [1.29, 1.82) is 0 Å². The van der Waals surface area contributed by atoms with Gasteiger partial charge in [-0.1, -0.05) is 25.4 Å². The first kappa shape index (κ1) is 10.3. The Hall–Kier alpha value is -0.760. The average Bonchev–Trinajstić information content (AvgIpc) is 2.03. The predicted octanol–water partition coefficient (Wildman–Crippen LogP) is 2.91. The molecule has 72 valence electrons. The number of rotatable bonds is 3. The van der Waals surface area contributed by atoms with Crippen molar-refractivity contribution in [3.05, 3.63) is 23.0 Å². The minimum absolute atomic E-state index is 0.670. The van der Waals surface area contributed by atoms with E-state index in [2.05, 4.69) is 18.8 Å². The molecule has 0 radical (unpaired) electrons. The molecule has 0 saturated carbocycles. The Morgan fingerprint density at radius 3 is 2.69 bits per heavy atom. The van der Waals surface area contributed by atoms with Crippen LogP contribution in [0, 0.1) is 5.92 Å². The zero-order valence-corrected chi connectivity index (χ0v) is 8.80. The van der Waals surface area contributed by atoms with Crippen molar-refractivity contribution in [2.45, 2.75) is 26.7 Å². The van der Waals surface area contributed by atoms with E-state index in [-0.39, 0.29) is 0 Å². The molecule has 0 aliphatic carbocycles. The van der Waals surface area contributed by atoms with Crippen LogP contribution in [0.4, 0.5) is 5.69 Å². The number of hydrogen-bond acceptors (Lipinski definition) is 2. The summed E-state index contributed by atoms with van der Waals surface area (Å²) in [6.07, 6.45) is 5.34. The maximum atomic E-state index is 5.97. The maximum Gasteiger partial charge on any atom is 0.0641 e. The van der Waals surface area contributed by atoms with Gasteiger partial charge in [-0.25, -0.2) is 0 Å². The second kappa shape index (κ2) is 4.47. The number of halogens is 1. The zero-order chi connectivity index (χ0) is 9.84. The Balaban J connectivity index is 2.75. The number of aromatic nitrogens is 1. The highest BCUT2D eigenvalue weighted by Gasteiger charge is 2.05. The van der Waals surface area contributed by atoms with Crippen LogP contribution in [-0.2, 0) is 6.42 Å². The minimum atomic E-state index is 0.670. The molecule has 2 N–H and O–H groups in total. The van der Waals surface area contributed by atoms with Gasteiger partial charge in [0.15, 0.2) is 0 Å². The van der Waals surface area contributed by atoms with Gasteiger partial charge in [-0.2, -0.15) is 0 Å². The highest BCUT2D eigenvalue weighted by molar-refractivity contribution is 6.31. The summed E-state index contributed by atoms with van der Waals surface area (Å²) in [6.45, 7) is 4.37. The van der Waals surface area contributed by atoms with Crippen molar-refractivity contribution >= 4 is 17.3 Å². The number of nitrogens with two attached hydrogens (primary N) is 1. The van der Waals surface area contributed by atoms with E-state index in [0.29, 0.717) is 16.6 Å². The highest BCUT2D eigenvalue weighted by Crippen LogP contribution is 2.23. The number of pyridine rings is 1. The molecule has 3 heteroatoms. The third kappa shape index (κ3) is 2.88. The molecule has 0 saturated heterocycles. The van der Waals surface area contributed by atoms with Crippen molar-refractivity contribution in [3.8, 4) is 0 Å². The Bertz CT molecular complexity index is 264. The SMILES string of the molecule is CC(C)CCc1c(N)cncc1Cl. The molecule has 1 rings (SSSR count). The summed E-state index contributed by atoms with van der Waals surface area (Å²) in [6, 6.07) is 0. The van der Waals surface area contributed by atoms with E-state index in [4.69, 9.17) is 17.3 Å². The Morgan fingerprint density at radius 2 is 2.15 bits per heavy atom. The third-order valence-electron chi connectivity index (χ3n) is 2.01. The van der Waals surface area contributed by atoms with Crippen LogP contribution < -0.4 is 5.73 Å². The van der Waals surface area contributed by atoms with Gasteiger partial charge in [0.1, 0.15) is 0 Å². The summed E-state index contributed by atoms with van der Waals surface area (Å²) in [7, 11) is 0. The van der Waals surface area contributed by atoms with Crippen molar-refractivity contribution < 1.29 is 0 Å². The van der Waals surface area contributed by atoms with Crippen LogP contribution in [-0.4, -0.2) is 4.98 Å². The molecule has 0 atom stereocenters. The fourth-order valence-corrected chi connectivity index (χ4v) is 1.43. The predicted molar refractivity (Wildman–Crippen MR) is 56.8 cm³/mol. The van der Waals surface area contributed by atoms with Gasteiger partial charge in [-0.05, 0) is 24.3 Å². The number of anilines is 1. The molecule has 13 heavy (non-hydrogen) atoms. The van der Waals surface area contributed by atoms with Crippen LogP contribution in [0.25, 0.3) is 0 Å². The van der Waals surface area contributed by atoms with E-state index in [1.54, 1.807) is 12.4 Å². The lowest BCUT2D eigenvalue weighted by atomic mass is 10.0. The fourth-order valence-electron chi connectivity index (χ4n) is 1.17. The molecular weight excluding hydrogens is 184 g/mol. The van der Waals surface area contributed by atoms with Crippen LogP contribution in [0.3, 0.4) is 0 Å². The van der Waals surface area contributed by atoms with E-state index in [1.807, 2.05) is 0 Å². The van der Waals surface area contributed by atoms with Crippen LogP contribution in [0.5, 0.6) is 0 Å². The molecular formula is C10H15ClN2. The first-order valence-electron chi connectivity index (χ1n) is 4.49. The van der Waals surface area contributed by atoms with Gasteiger partial charge in [0, 0.05) is 6.20 Å². The second-order valence-corrected chi connectivity index (χ2v) is 4.03. The van der Waals surface area contributed by atoms with Crippen molar-refractivity contribution in [1.82, 2.24) is 4.98 Å². The van der Waals surface area contributed by atoms with E-state index >= 15 is 0 Å². The lowest BCUT2D eigenvalue weighted by molar-refractivity contribution is 0.587. The first-order chi connectivity index (χ1) is 6.11. The van der Waals surface area contributed by atoms with E-state index in [9.17, 15) is 0 Å². The lowest BCUT2D eigenvalue weighted by Crippen LogP contribution is -1.99. The number of nitrogen functional groups attached to an aromatic ring is 1. The summed E-state index contributed by atoms with van der Waals surface area (Å²) in [5, 5.41) is 0.681. The highest BCUT2D eigenvalue weighted by atomic mass is 35.5. The van der Waals surface area contributed by atoms with Crippen LogP contribution >= 0.6 is 11.6 Å². The van der Waals surface area contributed by atoms with Crippen LogP contribution in [0.2, 0.25) is 5.02 Å². The molecule has 1 aromatic heterocycles. The van der Waals surface area contributed by atoms with E-state index in [0.717, 1.165) is 18.4 Å². The second-order valence-electron chi connectivity index (χ2n) is 3.62. The zero-order valence-electron chi connectivity index (χ0n) is 8.05. The monoisotopic (exact) mass is 198 g/mol. The van der Waals surface area contributed by atoms with Crippen molar-refractivity contribution in [3.63, 3.8) is 0 Å². The van der Waals surface area contributed by atoms with Crippen LogP contribution in [0.1, 0.15) is 25.8 Å². The minimum Gasteiger partial charge on any atom is -0.397 e. The molecule has 0 unspecified atom stereocenters. The maximum absolute atomic E-state index is 5.97. The van der Waals surface area contributed by atoms with Gasteiger partial charge in [0.05, 0.1) is 16.9 Å². The summed E-state index contributed by atoms with van der Waals surface area (Å²) >= 11 is 5.97. The van der Waals surface area contributed by atoms with E-state index < -0.39 is 0 Å². The largest absolute Gasteiger partial charge is 0.397 e. The summed E-state index contributed by atoms with van der Waals surface area (Å²) in [4.78, 5) is 3.91. The standard InChI is InChI=1S/C10H15ClN2/c1-7(2)3-4-8-9(11)5-13-6-10(8)12/h5-7H,3-4,12H2,1-2H3. The number of nitrogens with zero attached hydrogens (tertiary/aromatic N) is 1. The molecule has 0 fully saturated rings. The van der Waals surface area contributed by atoms with Crippen molar-refractivity contribution in [2.24, 2.45) is 5.92 Å². The van der Waals surface area contributed by atoms with Gasteiger partial charge in [0.25, 0.3) is 0 Å². The summed E-state index contributed by atoms with van der Waals surface area (Å²) < 4.78 is 0. The molecule has 0 amide bonds. The summed E-state index contributed by atoms with van der Waals surface area (Å²) in [5.41, 5.74) is 7.50. The fraction of sp³-hybridized carbons (Fsp3) is 0.500. The molecule has 1 heterocycles. The Kier molecular flexibility index (Phi) is 3.55. The molecule has 0 aromatic carbocycles. The molecule has 1 aromatic rings. The van der Waals surface area contributed by atoms with Gasteiger partial charge in [0.2, 0.25) is 0 Å². The first-order valence-corrected chi connectivity index (χ1v) is 4.87. The smallest absolute Gasteiger partial charge is 0.0641 e. The van der Waals surface area contributed by atoms with Gasteiger partial charge in [-0.15, -0.1) is 0 Å².